The van der Waals surface area contributed by atoms with Crippen LogP contribution in [0, 0.1) is 22.9 Å². The molecule has 3 aromatic rings. The lowest BCUT2D eigenvalue weighted by Crippen LogP contribution is -2.50. The molecule has 11 nitrogen and oxygen atoms in total. The van der Waals surface area contributed by atoms with Gasteiger partial charge in [-0.1, -0.05) is 17.3 Å². The second-order valence-corrected chi connectivity index (χ2v) is 9.30. The molecule has 0 atom stereocenters. The number of carbonyl (C=O) groups excluding carboxylic acids is 1. The molecule has 0 bridgehead atoms. The lowest BCUT2D eigenvalue weighted by atomic mass is 10.2. The summed E-state index contributed by atoms with van der Waals surface area (Å²) in [4.78, 5) is 24.8. The first-order chi connectivity index (χ1) is 15.7. The number of rotatable bonds is 5. The van der Waals surface area contributed by atoms with Crippen molar-refractivity contribution >= 4 is 21.6 Å². The Morgan fingerprint density at radius 1 is 1.09 bits per heavy atom. The van der Waals surface area contributed by atoms with Gasteiger partial charge in [0.1, 0.15) is 5.82 Å². The predicted octanol–water partition coefficient (Wildman–Crippen LogP) is 1.77. The average molecular weight is 474 g/mol. The van der Waals surface area contributed by atoms with Crippen LogP contribution >= 0.6 is 0 Å². The number of benzene rings is 2. The number of amides is 1. The number of aromatic nitrogens is 3. The Bertz CT molecular complexity index is 1330. The third-order valence-corrected chi connectivity index (χ3v) is 7.24. The van der Waals surface area contributed by atoms with Crippen LogP contribution in [0.25, 0.3) is 5.69 Å². The molecule has 1 amide bonds. The standard InChI is InChI=1S/C20H19FN6O5S/c1-14-19(22-23-26(14)16-5-3-6-17(13-16)27(29)30)20(28)24-8-10-25(11-9-24)33(31,32)18-7-2-4-15(21)12-18/h2-7,12-13H,8-11H2,1H3. The molecule has 1 fully saturated rings. The molecule has 0 saturated carbocycles. The van der Waals surface area contributed by atoms with E-state index >= 15 is 0 Å². The van der Waals surface area contributed by atoms with E-state index < -0.39 is 26.7 Å². The summed E-state index contributed by atoms with van der Waals surface area (Å²) in [7, 11) is -3.88. The molecule has 1 aliphatic heterocycles. The maximum absolute atomic E-state index is 13.5. The van der Waals surface area contributed by atoms with Crippen molar-refractivity contribution in [1.29, 1.82) is 0 Å². The number of carbonyl (C=O) groups is 1. The van der Waals surface area contributed by atoms with E-state index in [-0.39, 0.29) is 42.5 Å². The van der Waals surface area contributed by atoms with Crippen LogP contribution in [0.2, 0.25) is 0 Å². The average Bonchev–Trinajstić information content (AvgIpc) is 3.20. The highest BCUT2D eigenvalue weighted by Crippen LogP contribution is 2.21. The molecule has 4 rings (SSSR count). The number of sulfonamides is 1. The van der Waals surface area contributed by atoms with Gasteiger partial charge in [0.25, 0.3) is 11.6 Å². The molecule has 0 unspecified atom stereocenters. The lowest BCUT2D eigenvalue weighted by Gasteiger charge is -2.33. The summed E-state index contributed by atoms with van der Waals surface area (Å²) in [5.41, 5.74) is 0.739. The van der Waals surface area contributed by atoms with E-state index in [0.29, 0.717) is 11.4 Å². The number of hydrogen-bond acceptors (Lipinski definition) is 7. The Morgan fingerprint density at radius 3 is 2.45 bits per heavy atom. The van der Waals surface area contributed by atoms with Gasteiger partial charge in [-0.2, -0.15) is 4.31 Å². The lowest BCUT2D eigenvalue weighted by molar-refractivity contribution is -0.384. The summed E-state index contributed by atoms with van der Waals surface area (Å²) in [6.07, 6.45) is 0. The van der Waals surface area contributed by atoms with Gasteiger partial charge in [-0.15, -0.1) is 5.10 Å². The van der Waals surface area contributed by atoms with E-state index in [1.54, 1.807) is 13.0 Å². The van der Waals surface area contributed by atoms with Gasteiger partial charge in [0.05, 0.1) is 21.2 Å². The van der Waals surface area contributed by atoms with Gasteiger partial charge in [0, 0.05) is 38.3 Å². The third kappa shape index (κ3) is 4.32. The van der Waals surface area contributed by atoms with Crippen molar-refractivity contribution in [3.8, 4) is 5.69 Å². The Balaban J connectivity index is 1.49. The zero-order chi connectivity index (χ0) is 23.8. The third-order valence-electron chi connectivity index (χ3n) is 5.34. The van der Waals surface area contributed by atoms with Crippen LogP contribution in [0.4, 0.5) is 10.1 Å². The Hall–Kier alpha value is -3.71. The van der Waals surface area contributed by atoms with Gasteiger partial charge in [-0.05, 0) is 31.2 Å². The number of halogens is 1. The van der Waals surface area contributed by atoms with Gasteiger partial charge in [0.15, 0.2) is 5.69 Å². The van der Waals surface area contributed by atoms with E-state index in [9.17, 15) is 27.7 Å². The number of nitro benzene ring substituents is 1. The van der Waals surface area contributed by atoms with Crippen LogP contribution < -0.4 is 0 Å². The Kier molecular flexibility index (Phi) is 5.91. The summed E-state index contributed by atoms with van der Waals surface area (Å²) in [6, 6.07) is 10.6. The zero-order valence-corrected chi connectivity index (χ0v) is 18.3. The highest BCUT2D eigenvalue weighted by atomic mass is 32.2. The van der Waals surface area contributed by atoms with Crippen LogP contribution in [-0.2, 0) is 10.0 Å². The molecule has 0 N–H and O–H groups in total. The van der Waals surface area contributed by atoms with Crippen LogP contribution in [0.1, 0.15) is 16.2 Å². The van der Waals surface area contributed by atoms with Crippen molar-refractivity contribution in [2.45, 2.75) is 11.8 Å². The van der Waals surface area contributed by atoms with E-state index in [1.807, 2.05) is 0 Å². The number of piperazine rings is 1. The van der Waals surface area contributed by atoms with E-state index in [0.717, 1.165) is 6.07 Å². The fourth-order valence-corrected chi connectivity index (χ4v) is 5.02. The predicted molar refractivity (Wildman–Crippen MR) is 114 cm³/mol. The first-order valence-electron chi connectivity index (χ1n) is 9.90. The van der Waals surface area contributed by atoms with E-state index in [4.69, 9.17) is 0 Å². The van der Waals surface area contributed by atoms with Gasteiger partial charge < -0.3 is 4.90 Å². The molecule has 13 heteroatoms. The molecule has 1 saturated heterocycles. The number of hydrogen-bond donors (Lipinski definition) is 0. The monoisotopic (exact) mass is 474 g/mol. The number of non-ortho nitro benzene ring substituents is 1. The van der Waals surface area contributed by atoms with Gasteiger partial charge in [-0.3, -0.25) is 14.9 Å². The smallest absolute Gasteiger partial charge is 0.276 e. The molecule has 1 aliphatic rings. The van der Waals surface area contributed by atoms with Crippen molar-refractivity contribution in [2.24, 2.45) is 0 Å². The summed E-state index contributed by atoms with van der Waals surface area (Å²) in [5, 5.41) is 18.9. The van der Waals surface area contributed by atoms with Crippen LogP contribution in [0.3, 0.4) is 0 Å². The molecule has 0 aliphatic carbocycles. The quantitative estimate of drug-likeness (QED) is 0.407. The van der Waals surface area contributed by atoms with Gasteiger partial charge in [-0.25, -0.2) is 17.5 Å². The summed E-state index contributed by atoms with van der Waals surface area (Å²) in [5.74, 6) is -1.07. The van der Waals surface area contributed by atoms with E-state index in [2.05, 4.69) is 10.3 Å². The highest BCUT2D eigenvalue weighted by molar-refractivity contribution is 7.89. The van der Waals surface area contributed by atoms with Crippen LogP contribution in [-0.4, -0.2) is 69.6 Å². The molecule has 33 heavy (non-hydrogen) atoms. The largest absolute Gasteiger partial charge is 0.335 e. The Labute approximate surface area is 188 Å². The zero-order valence-electron chi connectivity index (χ0n) is 17.5. The molecule has 2 aromatic carbocycles. The molecule has 0 radical (unpaired) electrons. The fourth-order valence-electron chi connectivity index (χ4n) is 3.57. The molecule has 0 spiro atoms. The molecule has 1 aromatic heterocycles. The highest BCUT2D eigenvalue weighted by Gasteiger charge is 2.32. The van der Waals surface area contributed by atoms with Crippen molar-refractivity contribution < 1.29 is 22.5 Å². The molecular formula is C20H19FN6O5S. The summed E-state index contributed by atoms with van der Waals surface area (Å²) >= 11 is 0. The Morgan fingerprint density at radius 2 is 1.79 bits per heavy atom. The molecule has 2 heterocycles. The first kappa shape index (κ1) is 22.5. The van der Waals surface area contributed by atoms with Crippen molar-refractivity contribution in [3.63, 3.8) is 0 Å². The normalized spacial score (nSPS) is 14.9. The summed E-state index contributed by atoms with van der Waals surface area (Å²) in [6.45, 7) is 1.95. The fraction of sp³-hybridized carbons (Fsp3) is 0.250. The molecular weight excluding hydrogens is 455 g/mol. The minimum Gasteiger partial charge on any atom is -0.335 e. The maximum atomic E-state index is 13.5. The van der Waals surface area contributed by atoms with E-state index in [1.165, 1.54) is 50.3 Å². The SMILES string of the molecule is Cc1c(C(=O)N2CCN(S(=O)(=O)c3cccc(F)c3)CC2)nnn1-c1cccc([N+](=O)[O-])c1. The second kappa shape index (κ2) is 8.67. The second-order valence-electron chi connectivity index (χ2n) is 7.37. The summed E-state index contributed by atoms with van der Waals surface area (Å²) < 4.78 is 41.5. The number of nitrogens with zero attached hydrogens (tertiary/aromatic N) is 6. The van der Waals surface area contributed by atoms with Crippen molar-refractivity contribution in [3.05, 3.63) is 75.9 Å². The first-order valence-corrected chi connectivity index (χ1v) is 11.3. The van der Waals surface area contributed by atoms with Gasteiger partial charge >= 0.3 is 0 Å². The maximum Gasteiger partial charge on any atom is 0.276 e. The van der Waals surface area contributed by atoms with Crippen LogP contribution in [0.15, 0.2) is 53.4 Å². The van der Waals surface area contributed by atoms with Crippen molar-refractivity contribution in [1.82, 2.24) is 24.2 Å². The number of nitro groups is 1. The minimum atomic E-state index is -3.88. The van der Waals surface area contributed by atoms with Crippen molar-refractivity contribution in [2.75, 3.05) is 26.2 Å². The van der Waals surface area contributed by atoms with Gasteiger partial charge in [0.2, 0.25) is 10.0 Å². The molecule has 172 valence electrons. The topological polar surface area (TPSA) is 132 Å². The minimum absolute atomic E-state index is 0.0443. The van der Waals surface area contributed by atoms with Crippen LogP contribution in [0.5, 0.6) is 0 Å².